The van der Waals surface area contributed by atoms with Crippen molar-refractivity contribution in [1.82, 2.24) is 18.5 Å². The topological polar surface area (TPSA) is 101 Å². The van der Waals surface area contributed by atoms with Crippen molar-refractivity contribution in [1.29, 1.82) is 0 Å². The fourth-order valence-corrected chi connectivity index (χ4v) is 4.61. The Bertz CT molecular complexity index is 1380. The third kappa shape index (κ3) is 5.77. The first kappa shape index (κ1) is 27.0. The van der Waals surface area contributed by atoms with Gasteiger partial charge in [0.15, 0.2) is 0 Å². The van der Waals surface area contributed by atoms with Crippen molar-refractivity contribution in [3.8, 4) is 5.75 Å². The molecule has 1 aromatic heterocycles. The third-order valence-electron chi connectivity index (χ3n) is 5.74. The molecule has 3 aromatic rings. The molecule has 0 unspecified atom stereocenters. The second-order valence-electron chi connectivity index (χ2n) is 8.51. The van der Waals surface area contributed by atoms with Crippen molar-refractivity contribution in [3.05, 3.63) is 71.6 Å². The van der Waals surface area contributed by atoms with Gasteiger partial charge < -0.3 is 15.0 Å². The van der Waals surface area contributed by atoms with Crippen LogP contribution in [0.2, 0.25) is 0 Å². The number of nitrogens with one attached hydrogen (secondary N) is 1. The van der Waals surface area contributed by atoms with Gasteiger partial charge in [0.2, 0.25) is 0 Å². The highest BCUT2D eigenvalue weighted by molar-refractivity contribution is 7.87. The SMILES string of the molecule is CCCCN(C)C(=O)C(=Cc1cn(S(=O)(=O)N(C)C)c2ccccc12)NC(=O)c1ccc(OC)cc1. The summed E-state index contributed by atoms with van der Waals surface area (Å²) in [6.07, 6.45) is 4.70. The Hall–Kier alpha value is -3.63. The molecule has 0 saturated heterocycles. The third-order valence-corrected chi connectivity index (χ3v) is 7.47. The molecule has 0 saturated carbocycles. The number of amides is 2. The van der Waals surface area contributed by atoms with Gasteiger partial charge in [0, 0.05) is 50.4 Å². The number of ether oxygens (including phenoxy) is 1. The number of nitrogens with zero attached hydrogens (tertiary/aromatic N) is 3. The highest BCUT2D eigenvalue weighted by atomic mass is 32.2. The summed E-state index contributed by atoms with van der Waals surface area (Å²) in [4.78, 5) is 27.9. The minimum absolute atomic E-state index is 0.0413. The second-order valence-corrected chi connectivity index (χ2v) is 10.5. The van der Waals surface area contributed by atoms with Gasteiger partial charge in [-0.05, 0) is 42.8 Å². The van der Waals surface area contributed by atoms with Crippen LogP contribution in [0.25, 0.3) is 17.0 Å². The molecule has 192 valence electrons. The van der Waals surface area contributed by atoms with Crippen LogP contribution in [-0.2, 0) is 15.0 Å². The van der Waals surface area contributed by atoms with E-state index in [1.165, 1.54) is 37.5 Å². The Morgan fingerprint density at radius 2 is 1.72 bits per heavy atom. The zero-order valence-corrected chi connectivity index (χ0v) is 22.0. The summed E-state index contributed by atoms with van der Waals surface area (Å²) in [5.74, 6) is -0.240. The average Bonchev–Trinajstić information content (AvgIpc) is 3.25. The van der Waals surface area contributed by atoms with E-state index in [0.29, 0.717) is 34.3 Å². The van der Waals surface area contributed by atoms with Crippen molar-refractivity contribution in [2.24, 2.45) is 0 Å². The molecule has 0 aliphatic rings. The van der Waals surface area contributed by atoms with Gasteiger partial charge in [0.1, 0.15) is 11.4 Å². The summed E-state index contributed by atoms with van der Waals surface area (Å²) >= 11 is 0. The number of methoxy groups -OCH3 is 1. The van der Waals surface area contributed by atoms with Crippen LogP contribution < -0.4 is 10.1 Å². The lowest BCUT2D eigenvalue weighted by Gasteiger charge is -2.19. The number of fused-ring (bicyclic) bond motifs is 1. The molecule has 2 aromatic carbocycles. The van der Waals surface area contributed by atoms with Gasteiger partial charge >= 0.3 is 10.2 Å². The molecule has 2 amide bonds. The molecule has 0 bridgehead atoms. The smallest absolute Gasteiger partial charge is 0.307 e. The first-order valence-corrected chi connectivity index (χ1v) is 13.0. The lowest BCUT2D eigenvalue weighted by Crippen LogP contribution is -2.36. The van der Waals surface area contributed by atoms with Crippen molar-refractivity contribution < 1.29 is 22.7 Å². The quantitative estimate of drug-likeness (QED) is 0.420. The number of hydrogen-bond donors (Lipinski definition) is 1. The number of carbonyl (C=O) groups is 2. The molecule has 0 fully saturated rings. The van der Waals surface area contributed by atoms with Gasteiger partial charge in [-0.25, -0.2) is 3.97 Å². The summed E-state index contributed by atoms with van der Waals surface area (Å²) in [5.41, 5.74) is 1.34. The van der Waals surface area contributed by atoms with Gasteiger partial charge in [-0.1, -0.05) is 31.5 Å². The Labute approximate surface area is 212 Å². The minimum atomic E-state index is -3.81. The molecule has 1 N–H and O–H groups in total. The van der Waals surface area contributed by atoms with Crippen LogP contribution in [0.3, 0.4) is 0 Å². The van der Waals surface area contributed by atoms with E-state index in [0.717, 1.165) is 17.1 Å². The van der Waals surface area contributed by atoms with Crippen LogP contribution in [0.4, 0.5) is 0 Å². The Kier molecular flexibility index (Phi) is 8.54. The standard InChI is InChI=1S/C26H32N4O5S/c1-6-7-16-29(4)26(32)23(27-25(31)19-12-14-21(35-5)15-13-19)17-20-18-30(36(33,34)28(2)3)24-11-9-8-10-22(20)24/h8-15,17-18H,6-7,16H2,1-5H3,(H,27,31). The van der Waals surface area contributed by atoms with Crippen molar-refractivity contribution in [2.45, 2.75) is 19.8 Å². The molecule has 0 spiro atoms. The van der Waals surface area contributed by atoms with Crippen LogP contribution in [-0.4, -0.2) is 68.2 Å². The first-order valence-electron chi connectivity index (χ1n) is 11.6. The number of carbonyl (C=O) groups excluding carboxylic acids is 2. The van der Waals surface area contributed by atoms with Gasteiger partial charge in [-0.2, -0.15) is 12.7 Å². The van der Waals surface area contributed by atoms with Gasteiger partial charge in [-0.15, -0.1) is 0 Å². The van der Waals surface area contributed by atoms with E-state index < -0.39 is 16.1 Å². The maximum Gasteiger partial charge on any atom is 0.307 e. The normalized spacial score (nSPS) is 12.1. The largest absolute Gasteiger partial charge is 0.497 e. The summed E-state index contributed by atoms with van der Waals surface area (Å²) in [6, 6.07) is 13.5. The van der Waals surface area contributed by atoms with E-state index in [4.69, 9.17) is 4.74 Å². The first-order chi connectivity index (χ1) is 17.1. The molecular formula is C26H32N4O5S. The van der Waals surface area contributed by atoms with Gasteiger partial charge in [0.05, 0.1) is 12.6 Å². The summed E-state index contributed by atoms with van der Waals surface area (Å²) in [6.45, 7) is 2.54. The fraction of sp³-hybridized carbons (Fsp3) is 0.308. The van der Waals surface area contributed by atoms with E-state index in [9.17, 15) is 18.0 Å². The molecule has 9 nitrogen and oxygen atoms in total. The molecule has 0 aliphatic heterocycles. The Morgan fingerprint density at radius 3 is 2.33 bits per heavy atom. The van der Waals surface area contributed by atoms with E-state index in [1.54, 1.807) is 60.5 Å². The second kappa shape index (κ2) is 11.4. The van der Waals surface area contributed by atoms with E-state index in [2.05, 4.69) is 5.32 Å². The summed E-state index contributed by atoms with van der Waals surface area (Å²) in [5, 5.41) is 3.36. The fourth-order valence-electron chi connectivity index (χ4n) is 3.60. The van der Waals surface area contributed by atoms with Gasteiger partial charge in [-0.3, -0.25) is 9.59 Å². The highest BCUT2D eigenvalue weighted by Crippen LogP contribution is 2.26. The van der Waals surface area contributed by atoms with Gasteiger partial charge in [0.25, 0.3) is 11.8 Å². The number of rotatable bonds is 10. The van der Waals surface area contributed by atoms with E-state index in [1.807, 2.05) is 6.92 Å². The van der Waals surface area contributed by atoms with Crippen molar-refractivity contribution in [3.63, 3.8) is 0 Å². The number of benzene rings is 2. The number of unbranched alkanes of at least 4 members (excludes halogenated alkanes) is 1. The molecule has 3 rings (SSSR count). The predicted octanol–water partition coefficient (Wildman–Crippen LogP) is 3.33. The number of para-hydroxylation sites is 1. The van der Waals surface area contributed by atoms with Crippen LogP contribution >= 0.6 is 0 Å². The number of hydrogen-bond acceptors (Lipinski definition) is 5. The number of aromatic nitrogens is 1. The Morgan fingerprint density at radius 1 is 1.06 bits per heavy atom. The Balaban J connectivity index is 2.10. The molecule has 0 atom stereocenters. The molecular weight excluding hydrogens is 480 g/mol. The minimum Gasteiger partial charge on any atom is -0.497 e. The van der Waals surface area contributed by atoms with Crippen LogP contribution in [0.5, 0.6) is 5.75 Å². The van der Waals surface area contributed by atoms with Crippen LogP contribution in [0, 0.1) is 0 Å². The molecule has 10 heteroatoms. The highest BCUT2D eigenvalue weighted by Gasteiger charge is 2.23. The number of likely N-dealkylation sites (N-methyl/N-ethyl adjacent to an activating group) is 1. The molecule has 0 radical (unpaired) electrons. The lowest BCUT2D eigenvalue weighted by molar-refractivity contribution is -0.126. The van der Waals surface area contributed by atoms with Crippen molar-refractivity contribution in [2.75, 3.05) is 34.8 Å². The zero-order valence-electron chi connectivity index (χ0n) is 21.2. The maximum absolute atomic E-state index is 13.4. The lowest BCUT2D eigenvalue weighted by atomic mass is 10.1. The monoisotopic (exact) mass is 512 g/mol. The van der Waals surface area contributed by atoms with E-state index >= 15 is 0 Å². The molecule has 1 heterocycles. The average molecular weight is 513 g/mol. The summed E-state index contributed by atoms with van der Waals surface area (Å²) < 4.78 is 33.3. The predicted molar refractivity (Wildman–Crippen MR) is 141 cm³/mol. The molecule has 36 heavy (non-hydrogen) atoms. The maximum atomic E-state index is 13.4. The van der Waals surface area contributed by atoms with E-state index in [-0.39, 0.29) is 11.6 Å². The van der Waals surface area contributed by atoms with Crippen molar-refractivity contribution >= 4 is 39.0 Å². The zero-order chi connectivity index (χ0) is 26.5. The van der Waals surface area contributed by atoms with Crippen LogP contribution in [0.1, 0.15) is 35.7 Å². The molecule has 0 aliphatic carbocycles. The van der Waals surface area contributed by atoms with Crippen LogP contribution in [0.15, 0.2) is 60.4 Å². The summed E-state index contributed by atoms with van der Waals surface area (Å²) in [7, 11) is 2.30.